The van der Waals surface area contributed by atoms with Crippen molar-refractivity contribution in [1.29, 1.82) is 0 Å². The van der Waals surface area contributed by atoms with Crippen LogP contribution in [0.4, 0.5) is 30.5 Å². The lowest BCUT2D eigenvalue weighted by atomic mass is 10.0. The van der Waals surface area contributed by atoms with Crippen molar-refractivity contribution in [2.24, 2.45) is 0 Å². The molecule has 0 saturated carbocycles. The number of pyridine rings is 2. The minimum atomic E-state index is -4.51. The quantitative estimate of drug-likeness (QED) is 0.471. The Labute approximate surface area is 199 Å². The standard InChI is InChI=1S/C24H23F3N8/c25-24(26,27)23-32-31-21-14-33(11-12-35(21)23)20-7-6-15(13-30-20)18-5-2-10-34(18)19-4-1-3-17-16(19)8-9-29-22(17)28/h1,3-4,6-9,13,18H,2,5,10-12,14H2,(H2,28,29)/t18-/m1/s1. The SMILES string of the molecule is Nc1nccc2c(N3CCC[C@@H]3c3ccc(N4CCn5c(nnc5C(F)(F)F)C4)nc3)cccc12. The molecule has 0 aliphatic carbocycles. The highest BCUT2D eigenvalue weighted by Crippen LogP contribution is 2.40. The third-order valence-electron chi connectivity index (χ3n) is 6.86. The number of anilines is 3. The molecule has 2 N–H and O–H groups in total. The summed E-state index contributed by atoms with van der Waals surface area (Å²) in [5, 5.41) is 9.13. The largest absolute Gasteiger partial charge is 0.451 e. The molecule has 35 heavy (non-hydrogen) atoms. The van der Waals surface area contributed by atoms with Crippen molar-refractivity contribution in [2.45, 2.75) is 38.1 Å². The first kappa shape index (κ1) is 21.6. The molecule has 1 saturated heterocycles. The number of fused-ring (bicyclic) bond motifs is 2. The van der Waals surface area contributed by atoms with E-state index in [4.69, 9.17) is 5.73 Å². The Bertz CT molecular complexity index is 1380. The molecule has 3 aromatic heterocycles. The molecule has 1 fully saturated rings. The highest BCUT2D eigenvalue weighted by atomic mass is 19.4. The molecule has 0 amide bonds. The maximum Gasteiger partial charge on any atom is 0.451 e. The monoisotopic (exact) mass is 480 g/mol. The summed E-state index contributed by atoms with van der Waals surface area (Å²) in [7, 11) is 0. The van der Waals surface area contributed by atoms with E-state index in [1.807, 2.05) is 35.4 Å². The zero-order valence-corrected chi connectivity index (χ0v) is 18.8. The van der Waals surface area contributed by atoms with Crippen LogP contribution in [0, 0.1) is 0 Å². The van der Waals surface area contributed by atoms with Gasteiger partial charge >= 0.3 is 6.18 Å². The number of nitrogen functional groups attached to an aromatic ring is 1. The van der Waals surface area contributed by atoms with E-state index in [-0.39, 0.29) is 19.1 Å². The van der Waals surface area contributed by atoms with E-state index in [1.54, 1.807) is 6.20 Å². The van der Waals surface area contributed by atoms with Gasteiger partial charge in [-0.3, -0.25) is 0 Å². The van der Waals surface area contributed by atoms with Gasteiger partial charge in [0.25, 0.3) is 0 Å². The molecule has 5 heterocycles. The van der Waals surface area contributed by atoms with Crippen molar-refractivity contribution < 1.29 is 13.2 Å². The molecule has 0 bridgehead atoms. The molecular formula is C24H23F3N8. The minimum absolute atomic E-state index is 0.163. The summed E-state index contributed by atoms with van der Waals surface area (Å²) in [4.78, 5) is 13.2. The molecule has 4 aromatic rings. The second kappa shape index (κ2) is 8.10. The van der Waals surface area contributed by atoms with Crippen LogP contribution in [-0.4, -0.2) is 37.8 Å². The first-order chi connectivity index (χ1) is 16.9. The summed E-state index contributed by atoms with van der Waals surface area (Å²) in [6.07, 6.45) is 1.17. The van der Waals surface area contributed by atoms with Gasteiger partial charge in [0.1, 0.15) is 11.6 Å². The van der Waals surface area contributed by atoms with Gasteiger partial charge in [0.15, 0.2) is 5.82 Å². The fourth-order valence-corrected chi connectivity index (χ4v) is 5.21. The molecule has 0 radical (unpaired) electrons. The summed E-state index contributed by atoms with van der Waals surface area (Å²) >= 11 is 0. The second-order valence-corrected chi connectivity index (χ2v) is 8.88. The molecule has 8 nitrogen and oxygen atoms in total. The Morgan fingerprint density at radius 1 is 0.943 bits per heavy atom. The van der Waals surface area contributed by atoms with E-state index in [0.29, 0.717) is 24.0 Å². The Morgan fingerprint density at radius 2 is 1.83 bits per heavy atom. The van der Waals surface area contributed by atoms with Crippen LogP contribution in [0.3, 0.4) is 0 Å². The molecule has 1 aromatic carbocycles. The summed E-state index contributed by atoms with van der Waals surface area (Å²) in [5.74, 6) is 0.583. The van der Waals surface area contributed by atoms with Crippen LogP contribution in [0.25, 0.3) is 10.8 Å². The highest BCUT2D eigenvalue weighted by Gasteiger charge is 2.39. The van der Waals surface area contributed by atoms with E-state index in [2.05, 4.69) is 37.2 Å². The Hall–Kier alpha value is -3.89. The zero-order valence-electron chi connectivity index (χ0n) is 18.8. The molecule has 1 atom stereocenters. The van der Waals surface area contributed by atoms with Crippen molar-refractivity contribution >= 4 is 28.1 Å². The lowest BCUT2D eigenvalue weighted by Crippen LogP contribution is -2.35. The van der Waals surface area contributed by atoms with Crippen LogP contribution in [-0.2, 0) is 19.3 Å². The average molecular weight is 480 g/mol. The number of aromatic nitrogens is 5. The number of alkyl halides is 3. The predicted molar refractivity (Wildman–Crippen MR) is 126 cm³/mol. The van der Waals surface area contributed by atoms with Gasteiger partial charge in [-0.25, -0.2) is 9.97 Å². The van der Waals surface area contributed by atoms with E-state index in [0.717, 1.165) is 46.0 Å². The van der Waals surface area contributed by atoms with Gasteiger partial charge in [0.05, 0.1) is 12.6 Å². The fraction of sp³-hybridized carbons (Fsp3) is 0.333. The number of nitrogens with two attached hydrogens (primary N) is 1. The molecule has 180 valence electrons. The fourth-order valence-electron chi connectivity index (χ4n) is 5.21. The van der Waals surface area contributed by atoms with Gasteiger partial charge in [-0.15, -0.1) is 10.2 Å². The Balaban J connectivity index is 1.24. The van der Waals surface area contributed by atoms with Crippen LogP contribution >= 0.6 is 0 Å². The maximum absolute atomic E-state index is 13.1. The number of halogens is 3. The maximum atomic E-state index is 13.1. The van der Waals surface area contributed by atoms with Crippen LogP contribution < -0.4 is 15.5 Å². The number of nitrogens with zero attached hydrogens (tertiary/aromatic N) is 7. The minimum Gasteiger partial charge on any atom is -0.383 e. The average Bonchev–Trinajstić information content (AvgIpc) is 3.51. The molecule has 11 heteroatoms. The van der Waals surface area contributed by atoms with Gasteiger partial charge in [-0.2, -0.15) is 13.2 Å². The third kappa shape index (κ3) is 3.71. The normalized spacial score (nSPS) is 18.3. The summed E-state index contributed by atoms with van der Waals surface area (Å²) in [6, 6.07) is 12.3. The van der Waals surface area contributed by atoms with Crippen molar-refractivity contribution in [3.63, 3.8) is 0 Å². The van der Waals surface area contributed by atoms with Gasteiger partial charge in [0.2, 0.25) is 5.82 Å². The first-order valence-electron chi connectivity index (χ1n) is 11.5. The van der Waals surface area contributed by atoms with Crippen molar-refractivity contribution in [2.75, 3.05) is 28.6 Å². The van der Waals surface area contributed by atoms with E-state index >= 15 is 0 Å². The van der Waals surface area contributed by atoms with Gasteiger partial charge in [0, 0.05) is 48.5 Å². The van der Waals surface area contributed by atoms with Gasteiger partial charge in [-0.1, -0.05) is 18.2 Å². The lowest BCUT2D eigenvalue weighted by molar-refractivity contribution is -0.147. The van der Waals surface area contributed by atoms with Gasteiger partial charge in [-0.05, 0) is 36.6 Å². The second-order valence-electron chi connectivity index (χ2n) is 8.88. The lowest BCUT2D eigenvalue weighted by Gasteiger charge is -2.30. The van der Waals surface area contributed by atoms with Crippen molar-refractivity contribution in [1.82, 2.24) is 24.7 Å². The van der Waals surface area contributed by atoms with Crippen molar-refractivity contribution in [3.8, 4) is 0 Å². The smallest absolute Gasteiger partial charge is 0.383 e. The van der Waals surface area contributed by atoms with Crippen molar-refractivity contribution in [3.05, 3.63) is 66.0 Å². The van der Waals surface area contributed by atoms with Crippen LogP contribution in [0.15, 0.2) is 48.8 Å². The van der Waals surface area contributed by atoms with Crippen LogP contribution in [0.2, 0.25) is 0 Å². The number of benzene rings is 1. The zero-order chi connectivity index (χ0) is 24.2. The molecule has 2 aliphatic heterocycles. The molecule has 0 unspecified atom stereocenters. The van der Waals surface area contributed by atoms with Crippen LogP contribution in [0.5, 0.6) is 0 Å². The summed E-state index contributed by atoms with van der Waals surface area (Å²) in [5.41, 5.74) is 8.33. The third-order valence-corrected chi connectivity index (χ3v) is 6.86. The summed E-state index contributed by atoms with van der Waals surface area (Å²) < 4.78 is 40.5. The summed E-state index contributed by atoms with van der Waals surface area (Å²) in [6.45, 7) is 1.73. The number of hydrogen-bond donors (Lipinski definition) is 1. The topological polar surface area (TPSA) is 89.0 Å². The Kier molecular flexibility index (Phi) is 5.01. The van der Waals surface area contributed by atoms with E-state index in [1.165, 1.54) is 0 Å². The molecule has 0 spiro atoms. The molecule has 2 aliphatic rings. The first-order valence-corrected chi connectivity index (χ1v) is 11.5. The number of hydrogen-bond acceptors (Lipinski definition) is 7. The van der Waals surface area contributed by atoms with Gasteiger partial charge < -0.3 is 20.1 Å². The predicted octanol–water partition coefficient (Wildman–Crippen LogP) is 4.18. The number of rotatable bonds is 3. The Morgan fingerprint density at radius 3 is 2.63 bits per heavy atom. The van der Waals surface area contributed by atoms with E-state index < -0.39 is 12.0 Å². The highest BCUT2D eigenvalue weighted by molar-refractivity contribution is 5.99. The van der Waals surface area contributed by atoms with Crippen LogP contribution in [0.1, 0.15) is 36.1 Å². The molecular weight excluding hydrogens is 457 g/mol. The van der Waals surface area contributed by atoms with E-state index in [9.17, 15) is 13.2 Å². The molecule has 6 rings (SSSR count).